The molecule has 1 unspecified atom stereocenters. The second-order valence-corrected chi connectivity index (χ2v) is 5.49. The van der Waals surface area contributed by atoms with Gasteiger partial charge in [0.25, 0.3) is 0 Å². The fourth-order valence-corrected chi connectivity index (χ4v) is 2.53. The van der Waals surface area contributed by atoms with Gasteiger partial charge in [-0.2, -0.15) is 0 Å². The zero-order chi connectivity index (χ0) is 15.4. The van der Waals surface area contributed by atoms with Crippen molar-refractivity contribution < 1.29 is 8.78 Å². The molecular formula is C17H18ClF2N. The monoisotopic (exact) mass is 309 g/mol. The number of benzene rings is 2. The van der Waals surface area contributed by atoms with Crippen molar-refractivity contribution in [1.82, 2.24) is 5.32 Å². The summed E-state index contributed by atoms with van der Waals surface area (Å²) in [5, 5.41) is 3.68. The molecule has 0 aliphatic rings. The van der Waals surface area contributed by atoms with Crippen LogP contribution in [0.4, 0.5) is 8.78 Å². The molecule has 0 aromatic heterocycles. The van der Waals surface area contributed by atoms with Crippen LogP contribution >= 0.6 is 11.6 Å². The second-order valence-electron chi connectivity index (χ2n) is 5.05. The highest BCUT2D eigenvalue weighted by molar-refractivity contribution is 6.30. The summed E-state index contributed by atoms with van der Waals surface area (Å²) < 4.78 is 27.5. The van der Waals surface area contributed by atoms with Crippen LogP contribution in [-0.2, 0) is 0 Å². The minimum absolute atomic E-state index is 0.290. The summed E-state index contributed by atoms with van der Waals surface area (Å²) >= 11 is 5.81. The molecule has 0 saturated carbocycles. The summed E-state index contributed by atoms with van der Waals surface area (Å²) in [6.45, 7) is 4.61. The van der Waals surface area contributed by atoms with Crippen LogP contribution in [0.25, 0.3) is 0 Å². The van der Waals surface area contributed by atoms with Crippen molar-refractivity contribution in [3.63, 3.8) is 0 Å². The van der Waals surface area contributed by atoms with Gasteiger partial charge in [-0.1, -0.05) is 30.7 Å². The molecule has 0 spiro atoms. The Labute approximate surface area is 128 Å². The summed E-state index contributed by atoms with van der Waals surface area (Å²) in [7, 11) is 0. The first-order chi connectivity index (χ1) is 10.0. The van der Waals surface area contributed by atoms with Gasteiger partial charge < -0.3 is 5.32 Å². The molecule has 0 bridgehead atoms. The van der Waals surface area contributed by atoms with Gasteiger partial charge in [-0.15, -0.1) is 0 Å². The molecule has 1 N–H and O–H groups in total. The molecule has 0 fully saturated rings. The third-order valence-corrected chi connectivity index (χ3v) is 3.65. The van der Waals surface area contributed by atoms with Crippen LogP contribution in [0.3, 0.4) is 0 Å². The largest absolute Gasteiger partial charge is 0.306 e. The molecule has 0 radical (unpaired) electrons. The zero-order valence-corrected chi connectivity index (χ0v) is 12.8. The standard InChI is InChI=1S/C17H18ClF2N/c1-3-8-21-17(14-7-5-13(19)9-11(14)2)15-6-4-12(18)10-16(15)20/h4-7,9-10,17,21H,3,8H2,1-2H3. The molecule has 1 atom stereocenters. The molecule has 112 valence electrons. The fourth-order valence-electron chi connectivity index (χ4n) is 2.37. The van der Waals surface area contributed by atoms with Crippen molar-refractivity contribution in [2.45, 2.75) is 26.3 Å². The molecular weight excluding hydrogens is 292 g/mol. The highest BCUT2D eigenvalue weighted by Crippen LogP contribution is 2.28. The Bertz CT molecular complexity index is 577. The van der Waals surface area contributed by atoms with Gasteiger partial charge in [0.15, 0.2) is 0 Å². The third-order valence-electron chi connectivity index (χ3n) is 3.41. The molecule has 0 saturated heterocycles. The Morgan fingerprint density at radius 3 is 2.43 bits per heavy atom. The predicted molar refractivity (Wildman–Crippen MR) is 82.7 cm³/mol. The van der Waals surface area contributed by atoms with E-state index in [-0.39, 0.29) is 17.7 Å². The zero-order valence-electron chi connectivity index (χ0n) is 12.1. The highest BCUT2D eigenvalue weighted by Gasteiger charge is 2.19. The van der Waals surface area contributed by atoms with Crippen LogP contribution in [0.5, 0.6) is 0 Å². The van der Waals surface area contributed by atoms with E-state index in [0.29, 0.717) is 10.6 Å². The predicted octanol–water partition coefficient (Wildman–Crippen LogP) is 5.02. The van der Waals surface area contributed by atoms with E-state index in [4.69, 9.17) is 11.6 Å². The van der Waals surface area contributed by atoms with Crippen molar-refractivity contribution in [3.05, 3.63) is 69.7 Å². The molecule has 2 aromatic carbocycles. The molecule has 4 heteroatoms. The summed E-state index contributed by atoms with van der Waals surface area (Å²) in [5.74, 6) is -0.651. The van der Waals surface area contributed by atoms with Crippen LogP contribution in [0.1, 0.15) is 36.1 Å². The van der Waals surface area contributed by atoms with Crippen LogP contribution < -0.4 is 5.32 Å². The number of hydrogen-bond donors (Lipinski definition) is 1. The van der Waals surface area contributed by atoms with Crippen LogP contribution in [-0.4, -0.2) is 6.54 Å². The lowest BCUT2D eigenvalue weighted by Crippen LogP contribution is -2.25. The van der Waals surface area contributed by atoms with Gasteiger partial charge in [0.1, 0.15) is 11.6 Å². The maximum atomic E-state index is 14.2. The Kier molecular flexibility index (Phi) is 5.32. The van der Waals surface area contributed by atoms with Crippen molar-refractivity contribution in [3.8, 4) is 0 Å². The number of hydrogen-bond acceptors (Lipinski definition) is 1. The third kappa shape index (κ3) is 3.80. The van der Waals surface area contributed by atoms with Gasteiger partial charge in [0.05, 0.1) is 6.04 Å². The Morgan fingerprint density at radius 1 is 1.10 bits per heavy atom. The summed E-state index contributed by atoms with van der Waals surface area (Å²) in [5.41, 5.74) is 2.17. The minimum atomic E-state index is -0.361. The van der Waals surface area contributed by atoms with Crippen molar-refractivity contribution >= 4 is 11.6 Å². The first-order valence-electron chi connectivity index (χ1n) is 6.97. The normalized spacial score (nSPS) is 12.4. The fraction of sp³-hybridized carbons (Fsp3) is 0.294. The van der Waals surface area contributed by atoms with Gasteiger partial charge in [-0.3, -0.25) is 0 Å². The van der Waals surface area contributed by atoms with E-state index in [1.165, 1.54) is 18.2 Å². The lowest BCUT2D eigenvalue weighted by Gasteiger charge is -2.22. The van der Waals surface area contributed by atoms with E-state index in [1.54, 1.807) is 18.2 Å². The molecule has 2 aromatic rings. The first kappa shape index (κ1) is 15.9. The van der Waals surface area contributed by atoms with Gasteiger partial charge in [-0.05, 0) is 55.3 Å². The molecule has 21 heavy (non-hydrogen) atoms. The van der Waals surface area contributed by atoms with Crippen molar-refractivity contribution in [2.24, 2.45) is 0 Å². The average Bonchev–Trinajstić information content (AvgIpc) is 2.42. The van der Waals surface area contributed by atoms with E-state index in [2.05, 4.69) is 5.32 Å². The maximum Gasteiger partial charge on any atom is 0.129 e. The maximum absolute atomic E-state index is 14.2. The summed E-state index contributed by atoms with van der Waals surface area (Å²) in [6, 6.07) is 8.89. The van der Waals surface area contributed by atoms with Crippen molar-refractivity contribution in [1.29, 1.82) is 0 Å². The van der Waals surface area contributed by atoms with E-state index in [0.717, 1.165) is 24.1 Å². The molecule has 0 aliphatic heterocycles. The second kappa shape index (κ2) is 7.01. The van der Waals surface area contributed by atoms with Crippen LogP contribution in [0.15, 0.2) is 36.4 Å². The molecule has 0 amide bonds. The Balaban J connectivity index is 2.46. The van der Waals surface area contributed by atoms with Crippen LogP contribution in [0.2, 0.25) is 5.02 Å². The minimum Gasteiger partial charge on any atom is -0.306 e. The number of aryl methyl sites for hydroxylation is 1. The van der Waals surface area contributed by atoms with E-state index >= 15 is 0 Å². The molecule has 1 nitrogen and oxygen atoms in total. The van der Waals surface area contributed by atoms with Crippen molar-refractivity contribution in [2.75, 3.05) is 6.54 Å². The number of rotatable bonds is 5. The quantitative estimate of drug-likeness (QED) is 0.818. The van der Waals surface area contributed by atoms with E-state index in [1.807, 2.05) is 13.8 Å². The summed E-state index contributed by atoms with van der Waals surface area (Å²) in [6.07, 6.45) is 0.923. The lowest BCUT2D eigenvalue weighted by atomic mass is 9.94. The van der Waals surface area contributed by atoms with Gasteiger partial charge in [0.2, 0.25) is 0 Å². The van der Waals surface area contributed by atoms with Gasteiger partial charge in [-0.25, -0.2) is 8.78 Å². The average molecular weight is 310 g/mol. The Hall–Kier alpha value is -1.45. The smallest absolute Gasteiger partial charge is 0.129 e. The molecule has 0 heterocycles. The lowest BCUT2D eigenvalue weighted by molar-refractivity contribution is 0.544. The number of halogens is 3. The van der Waals surface area contributed by atoms with E-state index in [9.17, 15) is 8.78 Å². The first-order valence-corrected chi connectivity index (χ1v) is 7.35. The SMILES string of the molecule is CCCNC(c1ccc(F)cc1C)c1ccc(Cl)cc1F. The van der Waals surface area contributed by atoms with Crippen LogP contribution in [0, 0.1) is 18.6 Å². The van der Waals surface area contributed by atoms with Gasteiger partial charge in [0, 0.05) is 10.6 Å². The van der Waals surface area contributed by atoms with Gasteiger partial charge >= 0.3 is 0 Å². The Morgan fingerprint density at radius 2 is 1.81 bits per heavy atom. The number of nitrogens with one attached hydrogen (secondary N) is 1. The van der Waals surface area contributed by atoms with E-state index < -0.39 is 0 Å². The topological polar surface area (TPSA) is 12.0 Å². The molecule has 2 rings (SSSR count). The summed E-state index contributed by atoms with van der Waals surface area (Å²) in [4.78, 5) is 0. The highest BCUT2D eigenvalue weighted by atomic mass is 35.5. The molecule has 0 aliphatic carbocycles.